The third kappa shape index (κ3) is 4.53. The summed E-state index contributed by atoms with van der Waals surface area (Å²) in [4.78, 5) is 11.9. The number of halogens is 3. The number of hydrogen-bond donors (Lipinski definition) is 1. The Morgan fingerprint density at radius 1 is 1.05 bits per heavy atom. The number of para-hydroxylation sites is 1. The van der Waals surface area contributed by atoms with Crippen LogP contribution < -0.4 is 10.1 Å². The molecule has 0 atom stereocenters. The highest BCUT2D eigenvalue weighted by Crippen LogP contribution is 2.23. The highest BCUT2D eigenvalue weighted by Gasteiger charge is 2.10. The molecule has 1 amide bonds. The van der Waals surface area contributed by atoms with Crippen LogP contribution in [0.15, 0.2) is 42.5 Å². The van der Waals surface area contributed by atoms with Crippen molar-refractivity contribution in [1.82, 2.24) is 5.32 Å². The topological polar surface area (TPSA) is 38.3 Å². The smallest absolute Gasteiger partial charge is 0.252 e. The minimum atomic E-state index is -0.278. The Labute approximate surface area is 137 Å². The van der Waals surface area contributed by atoms with E-state index < -0.39 is 0 Å². The van der Waals surface area contributed by atoms with E-state index in [0.717, 1.165) is 0 Å². The maximum Gasteiger partial charge on any atom is 0.252 e. The summed E-state index contributed by atoms with van der Waals surface area (Å²) in [5, 5.41) is 4.04. The molecule has 0 aliphatic carbocycles. The second-order valence-corrected chi connectivity index (χ2v) is 5.41. The van der Waals surface area contributed by atoms with Crippen LogP contribution in [-0.4, -0.2) is 19.1 Å². The van der Waals surface area contributed by atoms with Crippen LogP contribution in [-0.2, 0) is 0 Å². The molecular formula is C15H12Cl3NO2. The predicted molar refractivity (Wildman–Crippen MR) is 85.7 cm³/mol. The Morgan fingerprint density at radius 3 is 2.52 bits per heavy atom. The zero-order chi connectivity index (χ0) is 15.2. The van der Waals surface area contributed by atoms with E-state index in [1.165, 1.54) is 6.07 Å². The summed E-state index contributed by atoms with van der Waals surface area (Å²) in [5.74, 6) is 0.303. The first-order valence-electron chi connectivity index (χ1n) is 6.18. The molecule has 0 radical (unpaired) electrons. The van der Waals surface area contributed by atoms with Gasteiger partial charge < -0.3 is 10.1 Å². The van der Waals surface area contributed by atoms with Crippen molar-refractivity contribution in [2.75, 3.05) is 13.2 Å². The minimum Gasteiger partial charge on any atom is -0.490 e. The van der Waals surface area contributed by atoms with Crippen LogP contribution in [0.2, 0.25) is 15.1 Å². The number of hydrogen-bond acceptors (Lipinski definition) is 2. The second-order valence-electron chi connectivity index (χ2n) is 4.16. The van der Waals surface area contributed by atoms with Gasteiger partial charge in [-0.05, 0) is 30.3 Å². The Hall–Kier alpha value is -1.42. The maximum atomic E-state index is 11.9. The largest absolute Gasteiger partial charge is 0.490 e. The quantitative estimate of drug-likeness (QED) is 0.814. The molecular weight excluding hydrogens is 333 g/mol. The van der Waals surface area contributed by atoms with Crippen LogP contribution in [0.3, 0.4) is 0 Å². The van der Waals surface area contributed by atoms with E-state index in [1.54, 1.807) is 24.3 Å². The normalized spacial score (nSPS) is 10.2. The van der Waals surface area contributed by atoms with Crippen molar-refractivity contribution in [3.63, 3.8) is 0 Å². The summed E-state index contributed by atoms with van der Waals surface area (Å²) in [7, 11) is 0. The highest BCUT2D eigenvalue weighted by atomic mass is 35.5. The Bertz CT molecular complexity index is 647. The van der Waals surface area contributed by atoms with Gasteiger partial charge in [0, 0.05) is 5.02 Å². The molecule has 0 fully saturated rings. The predicted octanol–water partition coefficient (Wildman–Crippen LogP) is 4.46. The summed E-state index contributed by atoms with van der Waals surface area (Å²) in [6.45, 7) is 0.643. The van der Waals surface area contributed by atoms with E-state index in [4.69, 9.17) is 39.5 Å². The fourth-order valence-electron chi connectivity index (χ4n) is 1.66. The first-order chi connectivity index (χ1) is 10.1. The average molecular weight is 345 g/mol. The first-order valence-corrected chi connectivity index (χ1v) is 7.32. The zero-order valence-electron chi connectivity index (χ0n) is 10.9. The molecule has 0 saturated heterocycles. The van der Waals surface area contributed by atoms with Gasteiger partial charge in [-0.1, -0.05) is 46.9 Å². The Kier molecular flexibility index (Phi) is 5.74. The average Bonchev–Trinajstić information content (AvgIpc) is 2.45. The molecule has 0 saturated carbocycles. The third-order valence-corrected chi connectivity index (χ3v) is 3.52. The molecule has 2 aromatic rings. The molecule has 2 aromatic carbocycles. The molecule has 21 heavy (non-hydrogen) atoms. The van der Waals surface area contributed by atoms with Gasteiger partial charge in [-0.25, -0.2) is 0 Å². The van der Waals surface area contributed by atoms with Crippen molar-refractivity contribution < 1.29 is 9.53 Å². The van der Waals surface area contributed by atoms with Gasteiger partial charge in [-0.2, -0.15) is 0 Å². The second kappa shape index (κ2) is 7.55. The van der Waals surface area contributed by atoms with Crippen LogP contribution in [0.1, 0.15) is 10.4 Å². The van der Waals surface area contributed by atoms with Gasteiger partial charge in [0.15, 0.2) is 0 Å². The molecule has 110 valence electrons. The van der Waals surface area contributed by atoms with Gasteiger partial charge in [0.1, 0.15) is 12.4 Å². The molecule has 0 bridgehead atoms. The van der Waals surface area contributed by atoms with Crippen molar-refractivity contribution in [1.29, 1.82) is 0 Å². The van der Waals surface area contributed by atoms with Gasteiger partial charge >= 0.3 is 0 Å². The molecule has 0 aliphatic heterocycles. The van der Waals surface area contributed by atoms with Gasteiger partial charge in [0.2, 0.25) is 0 Å². The van der Waals surface area contributed by atoms with Gasteiger partial charge in [0.25, 0.3) is 5.91 Å². The van der Waals surface area contributed by atoms with Gasteiger partial charge in [-0.15, -0.1) is 0 Å². The number of carbonyl (C=O) groups is 1. The SMILES string of the molecule is O=C(NCCOc1ccccc1Cl)c1ccc(Cl)cc1Cl. The molecule has 1 N–H and O–H groups in total. The molecule has 0 aromatic heterocycles. The van der Waals surface area contributed by atoms with Crippen molar-refractivity contribution in [3.8, 4) is 5.75 Å². The summed E-state index contributed by atoms with van der Waals surface area (Å²) >= 11 is 17.7. The van der Waals surface area contributed by atoms with Crippen molar-refractivity contribution in [3.05, 3.63) is 63.1 Å². The van der Waals surface area contributed by atoms with Gasteiger partial charge in [0.05, 0.1) is 22.2 Å². The lowest BCUT2D eigenvalue weighted by Gasteiger charge is -2.09. The number of carbonyl (C=O) groups excluding carboxylic acids is 1. The number of rotatable bonds is 5. The van der Waals surface area contributed by atoms with Crippen LogP contribution >= 0.6 is 34.8 Å². The summed E-state index contributed by atoms with van der Waals surface area (Å²) in [6.07, 6.45) is 0. The van der Waals surface area contributed by atoms with Crippen molar-refractivity contribution >= 4 is 40.7 Å². The summed E-state index contributed by atoms with van der Waals surface area (Å²) < 4.78 is 5.47. The molecule has 3 nitrogen and oxygen atoms in total. The fourth-order valence-corrected chi connectivity index (χ4v) is 2.34. The fraction of sp³-hybridized carbons (Fsp3) is 0.133. The first kappa shape index (κ1) is 16.0. The lowest BCUT2D eigenvalue weighted by atomic mass is 10.2. The van der Waals surface area contributed by atoms with Crippen molar-refractivity contribution in [2.45, 2.75) is 0 Å². The lowest BCUT2D eigenvalue weighted by Crippen LogP contribution is -2.28. The van der Waals surface area contributed by atoms with Crippen LogP contribution in [0.25, 0.3) is 0 Å². The number of ether oxygens (including phenoxy) is 1. The third-order valence-electron chi connectivity index (χ3n) is 2.66. The van der Waals surface area contributed by atoms with Crippen LogP contribution in [0.4, 0.5) is 0 Å². The molecule has 6 heteroatoms. The van der Waals surface area contributed by atoms with E-state index in [2.05, 4.69) is 5.32 Å². The standard InChI is InChI=1S/C15H12Cl3NO2/c16-10-5-6-11(13(18)9-10)15(20)19-7-8-21-14-4-2-1-3-12(14)17/h1-6,9H,7-8H2,(H,19,20). The number of amides is 1. The molecule has 0 unspecified atom stereocenters. The van der Waals surface area contributed by atoms with E-state index in [9.17, 15) is 4.79 Å². The molecule has 2 rings (SSSR count). The van der Waals surface area contributed by atoms with Gasteiger partial charge in [-0.3, -0.25) is 4.79 Å². The molecule has 0 spiro atoms. The van der Waals surface area contributed by atoms with E-state index in [-0.39, 0.29) is 5.91 Å². The van der Waals surface area contributed by atoms with E-state index in [0.29, 0.717) is 39.5 Å². The minimum absolute atomic E-state index is 0.278. The molecule has 0 heterocycles. The summed E-state index contributed by atoms with van der Waals surface area (Å²) in [5.41, 5.74) is 0.374. The van der Waals surface area contributed by atoms with Crippen molar-refractivity contribution in [2.24, 2.45) is 0 Å². The van der Waals surface area contributed by atoms with Crippen LogP contribution in [0.5, 0.6) is 5.75 Å². The monoisotopic (exact) mass is 343 g/mol. The Morgan fingerprint density at radius 2 is 1.81 bits per heavy atom. The maximum absolute atomic E-state index is 11.9. The zero-order valence-corrected chi connectivity index (χ0v) is 13.2. The number of nitrogens with one attached hydrogen (secondary N) is 1. The lowest BCUT2D eigenvalue weighted by molar-refractivity contribution is 0.0947. The molecule has 0 aliphatic rings. The Balaban J connectivity index is 1.83. The van der Waals surface area contributed by atoms with E-state index >= 15 is 0 Å². The summed E-state index contributed by atoms with van der Waals surface area (Å²) in [6, 6.07) is 11.9. The van der Waals surface area contributed by atoms with E-state index in [1.807, 2.05) is 12.1 Å². The number of benzene rings is 2. The van der Waals surface area contributed by atoms with Crippen LogP contribution in [0, 0.1) is 0 Å². The highest BCUT2D eigenvalue weighted by molar-refractivity contribution is 6.36.